The molecule has 0 radical (unpaired) electrons. The van der Waals surface area contributed by atoms with Gasteiger partial charge in [-0.05, 0) is 60.7 Å². The molecule has 1 aliphatic heterocycles. The first kappa shape index (κ1) is 16.4. The van der Waals surface area contributed by atoms with Crippen LogP contribution in [0.4, 0.5) is 0 Å². The molecular weight excluding hydrogens is 316 g/mol. The van der Waals surface area contributed by atoms with E-state index in [-0.39, 0.29) is 10.4 Å². The van der Waals surface area contributed by atoms with E-state index in [0.29, 0.717) is 18.0 Å². The van der Waals surface area contributed by atoms with Crippen LogP contribution in [0.3, 0.4) is 0 Å². The smallest absolute Gasteiger partial charge is 0.242 e. The van der Waals surface area contributed by atoms with Crippen molar-refractivity contribution in [1.29, 1.82) is 0 Å². The average Bonchev–Trinajstić information content (AvgIpc) is 3.03. The first-order valence-corrected chi connectivity index (χ1v) is 9.52. The van der Waals surface area contributed by atoms with Crippen LogP contribution < -0.4 is 4.72 Å². The fourth-order valence-corrected chi connectivity index (χ4v) is 4.34. The first-order chi connectivity index (χ1) is 11.1. The molecule has 0 amide bonds. The molecule has 0 aliphatic carbocycles. The van der Waals surface area contributed by atoms with E-state index in [1.165, 1.54) is 18.9 Å². The Morgan fingerprint density at radius 2 is 2.26 bits per heavy atom. The molecule has 0 spiro atoms. The lowest BCUT2D eigenvalue weighted by Gasteiger charge is -2.31. The summed E-state index contributed by atoms with van der Waals surface area (Å²) in [5.74, 6) is 0.552. The highest BCUT2D eigenvalue weighted by Crippen LogP contribution is 2.21. The molecule has 126 valence electrons. The molecule has 2 aromatic rings. The second-order valence-corrected chi connectivity index (χ2v) is 7.71. The number of fused-ring (bicyclic) bond motifs is 1. The Kier molecular flexibility index (Phi) is 4.93. The number of hydrogen-bond acceptors (Lipinski definition) is 6. The lowest BCUT2D eigenvalue weighted by atomic mass is 9.95. The molecule has 1 aliphatic rings. The van der Waals surface area contributed by atoms with Gasteiger partial charge in [-0.25, -0.2) is 17.8 Å². The van der Waals surface area contributed by atoms with E-state index in [9.17, 15) is 8.42 Å². The lowest BCUT2D eigenvalue weighted by Crippen LogP contribution is -2.36. The Morgan fingerprint density at radius 3 is 3.09 bits per heavy atom. The minimum Gasteiger partial charge on any atom is -0.303 e. The van der Waals surface area contributed by atoms with Gasteiger partial charge in [-0.3, -0.25) is 0 Å². The molecule has 1 fully saturated rings. The molecule has 3 rings (SSSR count). The van der Waals surface area contributed by atoms with Crippen LogP contribution in [0, 0.1) is 5.92 Å². The van der Waals surface area contributed by atoms with Crippen LogP contribution in [0.1, 0.15) is 26.2 Å². The summed E-state index contributed by atoms with van der Waals surface area (Å²) in [5, 5.41) is 7.37. The van der Waals surface area contributed by atoms with Crippen molar-refractivity contribution in [3.8, 4) is 0 Å². The predicted octanol–water partition coefficient (Wildman–Crippen LogP) is 1.62. The monoisotopic (exact) mass is 338 g/mol. The second kappa shape index (κ2) is 6.94. The fraction of sp³-hybridized carbons (Fsp3) is 0.600. The summed E-state index contributed by atoms with van der Waals surface area (Å²) >= 11 is 0. The zero-order chi connectivity index (χ0) is 16.3. The van der Waals surface area contributed by atoms with Gasteiger partial charge in [-0.2, -0.15) is 0 Å². The standard InChI is InChI=1S/C15H22N4O3S/c1-2-19-10-4-5-12(11-19)8-9-16-23(20,21)14-7-3-6-13-15(14)18-22-17-13/h3,6-7,12,16H,2,4-5,8-11H2,1H3/t12-/m0/s1. The van der Waals surface area contributed by atoms with Crippen LogP contribution in [0.15, 0.2) is 27.7 Å². The summed E-state index contributed by atoms with van der Waals surface area (Å²) < 4.78 is 32.3. The maximum Gasteiger partial charge on any atom is 0.242 e. The van der Waals surface area contributed by atoms with Gasteiger partial charge in [0.15, 0.2) is 5.52 Å². The van der Waals surface area contributed by atoms with E-state index in [2.05, 4.69) is 31.5 Å². The summed E-state index contributed by atoms with van der Waals surface area (Å²) in [6.07, 6.45) is 3.21. The van der Waals surface area contributed by atoms with Gasteiger partial charge in [-0.1, -0.05) is 13.0 Å². The van der Waals surface area contributed by atoms with Gasteiger partial charge in [0.1, 0.15) is 10.4 Å². The number of benzene rings is 1. The van der Waals surface area contributed by atoms with Crippen molar-refractivity contribution >= 4 is 21.1 Å². The molecule has 8 heteroatoms. The quantitative estimate of drug-likeness (QED) is 0.861. The molecule has 1 saturated heterocycles. The molecule has 1 atom stereocenters. The SMILES string of the molecule is CCN1CCC[C@@H](CCNS(=O)(=O)c2cccc3nonc23)C1. The summed E-state index contributed by atoms with van der Waals surface area (Å²) in [5.41, 5.74) is 0.716. The van der Waals surface area contributed by atoms with Crippen LogP contribution >= 0.6 is 0 Å². The number of nitrogens with zero attached hydrogens (tertiary/aromatic N) is 3. The van der Waals surface area contributed by atoms with E-state index in [1.54, 1.807) is 12.1 Å². The van der Waals surface area contributed by atoms with Crippen molar-refractivity contribution in [3.63, 3.8) is 0 Å². The molecule has 0 saturated carbocycles. The van der Waals surface area contributed by atoms with Crippen LogP contribution in [0.25, 0.3) is 11.0 Å². The maximum absolute atomic E-state index is 12.5. The third kappa shape index (κ3) is 3.70. The number of aromatic nitrogens is 2. The van der Waals surface area contributed by atoms with E-state index in [0.717, 1.165) is 26.1 Å². The highest BCUT2D eigenvalue weighted by atomic mass is 32.2. The summed E-state index contributed by atoms with van der Waals surface area (Å²) in [6, 6.07) is 4.84. The van der Waals surface area contributed by atoms with Crippen LogP contribution in [-0.4, -0.2) is 49.8 Å². The van der Waals surface area contributed by atoms with Crippen molar-refractivity contribution in [1.82, 2.24) is 19.9 Å². The Morgan fingerprint density at radius 1 is 1.39 bits per heavy atom. The fourth-order valence-electron chi connectivity index (χ4n) is 3.15. The van der Waals surface area contributed by atoms with Crippen molar-refractivity contribution in [3.05, 3.63) is 18.2 Å². The molecule has 0 bridgehead atoms. The number of piperidine rings is 1. The van der Waals surface area contributed by atoms with E-state index < -0.39 is 10.0 Å². The van der Waals surface area contributed by atoms with Gasteiger partial charge in [0, 0.05) is 13.1 Å². The Bertz CT molecular complexity index is 759. The number of nitrogens with one attached hydrogen (secondary N) is 1. The lowest BCUT2D eigenvalue weighted by molar-refractivity contribution is 0.177. The summed E-state index contributed by atoms with van der Waals surface area (Å²) in [7, 11) is -3.60. The Labute approximate surface area is 136 Å². The van der Waals surface area contributed by atoms with Crippen molar-refractivity contribution in [2.75, 3.05) is 26.2 Å². The molecular formula is C15H22N4O3S. The van der Waals surface area contributed by atoms with Gasteiger partial charge < -0.3 is 4.90 Å². The topological polar surface area (TPSA) is 88.3 Å². The van der Waals surface area contributed by atoms with E-state index >= 15 is 0 Å². The zero-order valence-corrected chi connectivity index (χ0v) is 14.1. The van der Waals surface area contributed by atoms with Gasteiger partial charge in [0.05, 0.1) is 0 Å². The summed E-state index contributed by atoms with van der Waals surface area (Å²) in [4.78, 5) is 2.54. The molecule has 23 heavy (non-hydrogen) atoms. The zero-order valence-electron chi connectivity index (χ0n) is 13.2. The van der Waals surface area contributed by atoms with E-state index in [1.807, 2.05) is 0 Å². The van der Waals surface area contributed by atoms with Crippen molar-refractivity contribution < 1.29 is 13.0 Å². The third-order valence-corrected chi connectivity index (χ3v) is 5.93. The number of sulfonamides is 1. The third-order valence-electron chi connectivity index (χ3n) is 4.43. The normalized spacial score (nSPS) is 20.1. The highest BCUT2D eigenvalue weighted by Gasteiger charge is 2.22. The first-order valence-electron chi connectivity index (χ1n) is 8.03. The molecule has 0 unspecified atom stereocenters. The molecule has 2 heterocycles. The van der Waals surface area contributed by atoms with Crippen LogP contribution in [0.5, 0.6) is 0 Å². The van der Waals surface area contributed by atoms with Crippen molar-refractivity contribution in [2.24, 2.45) is 5.92 Å². The van der Waals surface area contributed by atoms with Crippen LogP contribution in [0.2, 0.25) is 0 Å². The predicted molar refractivity (Wildman–Crippen MR) is 86.4 cm³/mol. The summed E-state index contributed by atoms with van der Waals surface area (Å²) in [6.45, 7) is 5.87. The van der Waals surface area contributed by atoms with Gasteiger partial charge in [0.2, 0.25) is 10.0 Å². The molecule has 1 aromatic carbocycles. The minimum atomic E-state index is -3.60. The Balaban J connectivity index is 1.62. The molecule has 7 nitrogen and oxygen atoms in total. The second-order valence-electron chi connectivity index (χ2n) is 5.98. The average molecular weight is 338 g/mol. The number of likely N-dealkylation sites (tertiary alicyclic amines) is 1. The number of hydrogen-bond donors (Lipinski definition) is 1. The van der Waals surface area contributed by atoms with Crippen molar-refractivity contribution in [2.45, 2.75) is 31.1 Å². The minimum absolute atomic E-state index is 0.120. The molecule has 1 N–H and O–H groups in total. The molecule has 1 aromatic heterocycles. The highest BCUT2D eigenvalue weighted by molar-refractivity contribution is 7.89. The van der Waals surface area contributed by atoms with Gasteiger partial charge in [0.25, 0.3) is 0 Å². The largest absolute Gasteiger partial charge is 0.303 e. The number of rotatable bonds is 6. The maximum atomic E-state index is 12.5. The van der Waals surface area contributed by atoms with Gasteiger partial charge >= 0.3 is 0 Å². The van der Waals surface area contributed by atoms with Gasteiger partial charge in [-0.15, -0.1) is 0 Å². The Hall–Kier alpha value is -1.51. The van der Waals surface area contributed by atoms with Crippen LogP contribution in [-0.2, 0) is 10.0 Å². The van der Waals surface area contributed by atoms with E-state index in [4.69, 9.17) is 0 Å².